The summed E-state index contributed by atoms with van der Waals surface area (Å²) < 4.78 is 11.8. The molecule has 0 radical (unpaired) electrons. The minimum Gasteiger partial charge on any atom is -0.504 e. The molecular weight excluding hydrogens is 135 g/mol. The summed E-state index contributed by atoms with van der Waals surface area (Å²) in [6, 6.07) is 3.86. The maximum Gasteiger partial charge on any atom is 0.157 e. The van der Waals surface area contributed by atoms with Crippen molar-refractivity contribution in [2.45, 2.75) is 6.67 Å². The number of hydrogen-bond acceptors (Lipinski definition) is 2. The van der Waals surface area contributed by atoms with E-state index in [1.807, 2.05) is 0 Å². The summed E-state index contributed by atoms with van der Waals surface area (Å²) in [5.74, 6) is -0.507. The van der Waals surface area contributed by atoms with Gasteiger partial charge in [0.2, 0.25) is 0 Å². The van der Waals surface area contributed by atoms with Crippen LogP contribution in [0.5, 0.6) is 11.5 Å². The third-order valence-corrected chi connectivity index (χ3v) is 1.19. The molecule has 2 nitrogen and oxygen atoms in total. The van der Waals surface area contributed by atoms with Gasteiger partial charge in [-0.25, -0.2) is 4.39 Å². The fourth-order valence-electron chi connectivity index (χ4n) is 0.652. The zero-order valence-corrected chi connectivity index (χ0v) is 5.21. The summed E-state index contributed by atoms with van der Waals surface area (Å²) in [5, 5.41) is 17.6. The minimum atomic E-state index is -0.631. The lowest BCUT2D eigenvalue weighted by Gasteiger charge is -1.97. The molecule has 0 spiro atoms. The summed E-state index contributed by atoms with van der Waals surface area (Å²) in [5.41, 5.74) is 0.357. The molecule has 0 saturated carbocycles. The Kier molecular flexibility index (Phi) is 1.76. The second-order valence-electron chi connectivity index (χ2n) is 1.96. The highest BCUT2D eigenvalue weighted by atomic mass is 19.1. The number of rotatable bonds is 1. The van der Waals surface area contributed by atoms with Crippen molar-refractivity contribution in [1.82, 2.24) is 0 Å². The Hall–Kier alpha value is -1.25. The van der Waals surface area contributed by atoms with Gasteiger partial charge in [-0.15, -0.1) is 0 Å². The molecule has 0 amide bonds. The summed E-state index contributed by atoms with van der Waals surface area (Å²) >= 11 is 0. The average Bonchev–Trinajstić information content (AvgIpc) is 1.95. The van der Waals surface area contributed by atoms with E-state index < -0.39 is 6.67 Å². The first-order chi connectivity index (χ1) is 4.74. The predicted octanol–water partition coefficient (Wildman–Crippen LogP) is 1.57. The third kappa shape index (κ3) is 1.18. The van der Waals surface area contributed by atoms with E-state index in [2.05, 4.69) is 0 Å². The van der Waals surface area contributed by atoms with Crippen LogP contribution in [0.25, 0.3) is 0 Å². The molecule has 54 valence electrons. The van der Waals surface area contributed by atoms with Gasteiger partial charge in [-0.3, -0.25) is 0 Å². The number of benzene rings is 1. The van der Waals surface area contributed by atoms with E-state index in [0.29, 0.717) is 5.56 Å². The zero-order chi connectivity index (χ0) is 7.56. The van der Waals surface area contributed by atoms with Gasteiger partial charge >= 0.3 is 0 Å². The van der Waals surface area contributed by atoms with Crippen LogP contribution in [0.4, 0.5) is 4.39 Å². The molecule has 0 saturated heterocycles. The summed E-state index contributed by atoms with van der Waals surface area (Å²) in [6.45, 7) is -0.631. The second kappa shape index (κ2) is 2.56. The van der Waals surface area contributed by atoms with Crippen LogP contribution in [0.15, 0.2) is 18.2 Å². The van der Waals surface area contributed by atoms with Crippen molar-refractivity contribution >= 4 is 0 Å². The van der Waals surface area contributed by atoms with Crippen molar-refractivity contribution in [3.8, 4) is 11.5 Å². The molecule has 1 aromatic carbocycles. The number of halogens is 1. The van der Waals surface area contributed by atoms with Crippen molar-refractivity contribution in [2.24, 2.45) is 0 Å². The fraction of sp³-hybridized carbons (Fsp3) is 0.143. The topological polar surface area (TPSA) is 40.5 Å². The van der Waals surface area contributed by atoms with Gasteiger partial charge in [0.25, 0.3) is 0 Å². The fourth-order valence-corrected chi connectivity index (χ4v) is 0.652. The standard InChI is InChI=1S/C7H7FO2/c8-4-5-1-2-6(9)7(10)3-5/h1-3,9-10H,4H2. The molecule has 0 aliphatic heterocycles. The number of hydrogen-bond donors (Lipinski definition) is 2. The molecule has 0 aliphatic rings. The van der Waals surface area contributed by atoms with Crippen LogP contribution in [0, 0.1) is 0 Å². The highest BCUT2D eigenvalue weighted by Crippen LogP contribution is 2.24. The minimum absolute atomic E-state index is 0.225. The van der Waals surface area contributed by atoms with Crippen molar-refractivity contribution in [3.63, 3.8) is 0 Å². The van der Waals surface area contributed by atoms with Gasteiger partial charge < -0.3 is 10.2 Å². The Morgan fingerprint density at radius 3 is 2.40 bits per heavy atom. The highest BCUT2D eigenvalue weighted by Gasteiger charge is 1.98. The zero-order valence-electron chi connectivity index (χ0n) is 5.21. The van der Waals surface area contributed by atoms with Gasteiger partial charge in [0, 0.05) is 0 Å². The van der Waals surface area contributed by atoms with E-state index in [1.54, 1.807) is 0 Å². The molecular formula is C7H7FO2. The Morgan fingerprint density at radius 2 is 1.90 bits per heavy atom. The van der Waals surface area contributed by atoms with Gasteiger partial charge in [-0.1, -0.05) is 6.07 Å². The first-order valence-corrected chi connectivity index (χ1v) is 2.81. The maximum absolute atomic E-state index is 11.8. The lowest BCUT2D eigenvalue weighted by atomic mass is 10.2. The van der Waals surface area contributed by atoms with Gasteiger partial charge in [0.05, 0.1) is 0 Å². The Balaban J connectivity index is 3.04. The van der Waals surface area contributed by atoms with E-state index in [9.17, 15) is 4.39 Å². The predicted molar refractivity (Wildman–Crippen MR) is 34.6 cm³/mol. The first-order valence-electron chi connectivity index (χ1n) is 2.81. The largest absolute Gasteiger partial charge is 0.504 e. The first kappa shape index (κ1) is 6.86. The van der Waals surface area contributed by atoms with Gasteiger partial charge in [-0.05, 0) is 17.7 Å². The van der Waals surface area contributed by atoms with Crippen LogP contribution >= 0.6 is 0 Å². The number of aromatic hydroxyl groups is 2. The van der Waals surface area contributed by atoms with Crippen molar-refractivity contribution in [3.05, 3.63) is 23.8 Å². The molecule has 0 fully saturated rings. The second-order valence-corrected chi connectivity index (χ2v) is 1.96. The summed E-state index contributed by atoms with van der Waals surface area (Å²) in [7, 11) is 0. The van der Waals surface area contributed by atoms with Crippen molar-refractivity contribution in [2.75, 3.05) is 0 Å². The van der Waals surface area contributed by atoms with E-state index in [0.717, 1.165) is 0 Å². The Morgan fingerprint density at radius 1 is 1.20 bits per heavy atom. The van der Waals surface area contributed by atoms with Crippen LogP contribution in [0.2, 0.25) is 0 Å². The van der Waals surface area contributed by atoms with E-state index in [4.69, 9.17) is 10.2 Å². The summed E-state index contributed by atoms with van der Waals surface area (Å²) in [4.78, 5) is 0. The quantitative estimate of drug-likeness (QED) is 0.584. The molecule has 0 heterocycles. The van der Waals surface area contributed by atoms with Crippen molar-refractivity contribution in [1.29, 1.82) is 0 Å². The lowest BCUT2D eigenvalue weighted by Crippen LogP contribution is -1.76. The van der Waals surface area contributed by atoms with E-state index in [1.165, 1.54) is 18.2 Å². The number of phenols is 2. The SMILES string of the molecule is Oc1ccc(CF)cc1O. The highest BCUT2D eigenvalue weighted by molar-refractivity contribution is 5.40. The van der Waals surface area contributed by atoms with Gasteiger partial charge in [0.15, 0.2) is 11.5 Å². The molecule has 0 bridgehead atoms. The van der Waals surface area contributed by atoms with Crippen LogP contribution in [-0.4, -0.2) is 10.2 Å². The smallest absolute Gasteiger partial charge is 0.157 e. The Labute approximate surface area is 57.6 Å². The molecule has 10 heavy (non-hydrogen) atoms. The monoisotopic (exact) mass is 142 g/mol. The molecule has 0 aromatic heterocycles. The van der Waals surface area contributed by atoms with Crippen LogP contribution < -0.4 is 0 Å². The van der Waals surface area contributed by atoms with Gasteiger partial charge in [0.1, 0.15) is 6.67 Å². The molecule has 3 heteroatoms. The number of alkyl halides is 1. The number of phenolic OH excluding ortho intramolecular Hbond substituents is 2. The lowest BCUT2D eigenvalue weighted by molar-refractivity contribution is 0.401. The van der Waals surface area contributed by atoms with Crippen molar-refractivity contribution < 1.29 is 14.6 Å². The van der Waals surface area contributed by atoms with E-state index >= 15 is 0 Å². The van der Waals surface area contributed by atoms with Crippen LogP contribution in [0.1, 0.15) is 5.56 Å². The Bertz CT molecular complexity index is 235. The average molecular weight is 142 g/mol. The third-order valence-electron chi connectivity index (χ3n) is 1.19. The molecule has 1 aromatic rings. The molecule has 1 rings (SSSR count). The molecule has 0 unspecified atom stereocenters. The van der Waals surface area contributed by atoms with Crippen LogP contribution in [-0.2, 0) is 6.67 Å². The van der Waals surface area contributed by atoms with Crippen LogP contribution in [0.3, 0.4) is 0 Å². The van der Waals surface area contributed by atoms with Gasteiger partial charge in [-0.2, -0.15) is 0 Å². The molecule has 0 aliphatic carbocycles. The summed E-state index contributed by atoms with van der Waals surface area (Å²) in [6.07, 6.45) is 0. The molecule has 2 N–H and O–H groups in total. The normalized spacial score (nSPS) is 9.70. The maximum atomic E-state index is 11.8. The molecule has 0 atom stereocenters. The van der Waals surface area contributed by atoms with E-state index in [-0.39, 0.29) is 11.5 Å².